The van der Waals surface area contributed by atoms with Crippen molar-refractivity contribution in [1.82, 2.24) is 0 Å². The van der Waals surface area contributed by atoms with Crippen molar-refractivity contribution in [3.05, 3.63) is 85.1 Å². The van der Waals surface area contributed by atoms with Gasteiger partial charge >= 0.3 is 5.97 Å². The lowest BCUT2D eigenvalue weighted by Crippen LogP contribution is -2.61. The van der Waals surface area contributed by atoms with Gasteiger partial charge in [-0.3, -0.25) is 4.79 Å². The van der Waals surface area contributed by atoms with Crippen LogP contribution in [0.2, 0.25) is 0 Å². The van der Waals surface area contributed by atoms with Gasteiger partial charge in [-0.25, -0.2) is 0 Å². The minimum atomic E-state index is -1.72. The second-order valence-electron chi connectivity index (χ2n) is 18.3. The van der Waals surface area contributed by atoms with E-state index in [0.717, 1.165) is 64.2 Å². The summed E-state index contributed by atoms with van der Waals surface area (Å²) in [5, 5.41) is 72.2. The SMILES string of the molecule is CC/C=C\C/C=C\C/C=C\C/C=C\C/C=C\CCCC(=O)OC(COCCCCCCCCCC/C=C\C/C=C\CCCCCC)COC1OC(COC2OC(CO)C(O)C(O)C2O)C(O)C(O)C1O. The predicted molar refractivity (Wildman–Crippen MR) is 275 cm³/mol. The topological polar surface area (TPSA) is 214 Å². The molecule has 2 heterocycles. The Bertz CT molecular complexity index is 1480. The first-order valence-electron chi connectivity index (χ1n) is 26.7. The number of carbonyl (C=O) groups excluding carboxylic acids is 1. The smallest absolute Gasteiger partial charge is 0.306 e. The van der Waals surface area contributed by atoms with Gasteiger partial charge in [-0.2, -0.15) is 0 Å². The first kappa shape index (κ1) is 63.3. The zero-order valence-corrected chi connectivity index (χ0v) is 42.7. The maximum absolute atomic E-state index is 13.0. The van der Waals surface area contributed by atoms with E-state index in [-0.39, 0.29) is 19.6 Å². The van der Waals surface area contributed by atoms with Crippen LogP contribution in [0.15, 0.2) is 85.1 Å². The molecule has 0 amide bonds. The van der Waals surface area contributed by atoms with Crippen LogP contribution in [-0.4, -0.2) is 142 Å². The molecule has 0 aromatic rings. The van der Waals surface area contributed by atoms with E-state index in [1.807, 2.05) is 6.08 Å². The molecule has 0 radical (unpaired) electrons. The molecule has 2 aliphatic heterocycles. The van der Waals surface area contributed by atoms with Gasteiger partial charge in [0, 0.05) is 13.0 Å². The molecule has 2 fully saturated rings. The number of hydrogen-bond acceptors (Lipinski definition) is 14. The quantitative estimate of drug-likeness (QED) is 0.0174. The van der Waals surface area contributed by atoms with Gasteiger partial charge in [0.1, 0.15) is 54.9 Å². The third-order valence-electron chi connectivity index (χ3n) is 12.1. The molecular weight excluding hydrogens is 897 g/mol. The highest BCUT2D eigenvalue weighted by atomic mass is 16.7. The molecule has 2 aliphatic rings. The average Bonchev–Trinajstić information content (AvgIpc) is 3.36. The van der Waals surface area contributed by atoms with Crippen molar-refractivity contribution in [3.63, 3.8) is 0 Å². The molecule has 11 atom stereocenters. The van der Waals surface area contributed by atoms with Crippen LogP contribution in [0.1, 0.15) is 162 Å². The summed E-state index contributed by atoms with van der Waals surface area (Å²) in [6.45, 7) is 3.45. The lowest BCUT2D eigenvalue weighted by molar-refractivity contribution is -0.332. The van der Waals surface area contributed by atoms with Gasteiger partial charge in [0.2, 0.25) is 0 Å². The number of hydrogen-bond donors (Lipinski definition) is 7. The standard InChI is InChI=1S/C56H94O14/c1-3-5-7-9-11-13-15-17-19-21-22-24-26-28-30-32-34-36-38-40-65-42-45(68-48(58)39-37-35-33-31-29-27-25-23-20-18-16-14-12-10-8-6-4-2)43-66-55-54(64)52(62)50(60)47(70-55)44-67-56-53(63)51(61)49(59)46(41-57)69-56/h6,8,12-15,18-21,25,27,31,33,45-47,49-57,59-64H,3-5,7,9-11,16-17,22-24,26,28-30,32,34-44H2,1-2H3/b8-6-,14-12-,15-13-,20-18-,21-19-,27-25-,33-31-. The predicted octanol–water partition coefficient (Wildman–Crippen LogP) is 8.46. The summed E-state index contributed by atoms with van der Waals surface area (Å²) in [6, 6.07) is 0. The third kappa shape index (κ3) is 29.6. The molecule has 70 heavy (non-hydrogen) atoms. The highest BCUT2D eigenvalue weighted by Crippen LogP contribution is 2.26. The molecular formula is C56H94O14. The fraction of sp³-hybridized carbons (Fsp3) is 0.732. The Hall–Kier alpha value is -2.83. The molecule has 14 nitrogen and oxygen atoms in total. The van der Waals surface area contributed by atoms with Crippen LogP contribution < -0.4 is 0 Å². The van der Waals surface area contributed by atoms with Crippen LogP contribution in [0.25, 0.3) is 0 Å². The third-order valence-corrected chi connectivity index (χ3v) is 12.1. The van der Waals surface area contributed by atoms with Crippen LogP contribution in [0.3, 0.4) is 0 Å². The number of allylic oxidation sites excluding steroid dienone is 14. The zero-order chi connectivity index (χ0) is 50.9. The maximum atomic E-state index is 13.0. The highest BCUT2D eigenvalue weighted by molar-refractivity contribution is 5.69. The Morgan fingerprint density at radius 3 is 1.46 bits per heavy atom. The molecule has 0 spiro atoms. The number of carbonyl (C=O) groups is 1. The number of unbranched alkanes of at least 4 members (excludes halogenated alkanes) is 13. The van der Waals surface area contributed by atoms with Gasteiger partial charge in [0.05, 0.1) is 26.4 Å². The monoisotopic (exact) mass is 991 g/mol. The van der Waals surface area contributed by atoms with Crippen molar-refractivity contribution in [1.29, 1.82) is 0 Å². The Balaban J connectivity index is 1.79. The van der Waals surface area contributed by atoms with Gasteiger partial charge in [0.25, 0.3) is 0 Å². The summed E-state index contributed by atoms with van der Waals surface area (Å²) in [5.41, 5.74) is 0. The molecule has 11 unspecified atom stereocenters. The van der Waals surface area contributed by atoms with E-state index in [0.29, 0.717) is 19.4 Å². The molecule has 0 aromatic carbocycles. The van der Waals surface area contributed by atoms with E-state index in [2.05, 4.69) is 92.8 Å². The van der Waals surface area contributed by atoms with Crippen molar-refractivity contribution < 1.29 is 69.0 Å². The minimum Gasteiger partial charge on any atom is -0.457 e. The number of rotatable bonds is 41. The Morgan fingerprint density at radius 2 is 0.929 bits per heavy atom. The van der Waals surface area contributed by atoms with E-state index in [1.165, 1.54) is 64.2 Å². The lowest BCUT2D eigenvalue weighted by atomic mass is 9.98. The van der Waals surface area contributed by atoms with Gasteiger partial charge in [-0.05, 0) is 83.5 Å². The number of aliphatic hydroxyl groups is 7. The van der Waals surface area contributed by atoms with E-state index >= 15 is 0 Å². The van der Waals surface area contributed by atoms with Crippen LogP contribution in [0.5, 0.6) is 0 Å². The Kier molecular flexibility index (Phi) is 38.6. The second kappa shape index (κ2) is 42.7. The van der Waals surface area contributed by atoms with Gasteiger partial charge < -0.3 is 64.2 Å². The van der Waals surface area contributed by atoms with Gasteiger partial charge in [-0.15, -0.1) is 0 Å². The van der Waals surface area contributed by atoms with E-state index in [4.69, 9.17) is 28.4 Å². The normalized spacial score (nSPS) is 26.2. The van der Waals surface area contributed by atoms with Crippen molar-refractivity contribution in [2.24, 2.45) is 0 Å². The molecule has 2 rings (SSSR count). The highest BCUT2D eigenvalue weighted by Gasteiger charge is 2.47. The molecule has 7 N–H and O–H groups in total. The molecule has 0 bridgehead atoms. The molecule has 2 saturated heterocycles. The average molecular weight is 991 g/mol. The molecule has 0 saturated carbocycles. The summed E-state index contributed by atoms with van der Waals surface area (Å²) in [6.07, 6.45) is 37.9. The van der Waals surface area contributed by atoms with Crippen LogP contribution in [0.4, 0.5) is 0 Å². The van der Waals surface area contributed by atoms with Gasteiger partial charge in [-0.1, -0.05) is 157 Å². The molecule has 14 heteroatoms. The van der Waals surface area contributed by atoms with Crippen LogP contribution in [0, 0.1) is 0 Å². The van der Waals surface area contributed by atoms with Crippen molar-refractivity contribution in [3.8, 4) is 0 Å². The van der Waals surface area contributed by atoms with Crippen molar-refractivity contribution >= 4 is 5.97 Å². The van der Waals surface area contributed by atoms with Crippen LogP contribution >= 0.6 is 0 Å². The first-order chi connectivity index (χ1) is 34.1. The fourth-order valence-corrected chi connectivity index (χ4v) is 7.82. The molecule has 0 aliphatic carbocycles. The van der Waals surface area contributed by atoms with Crippen molar-refractivity contribution in [2.45, 2.75) is 229 Å². The number of aliphatic hydroxyl groups excluding tert-OH is 7. The van der Waals surface area contributed by atoms with E-state index in [9.17, 15) is 40.5 Å². The van der Waals surface area contributed by atoms with E-state index in [1.54, 1.807) is 0 Å². The largest absolute Gasteiger partial charge is 0.457 e. The zero-order valence-electron chi connectivity index (χ0n) is 42.7. The summed E-state index contributed by atoms with van der Waals surface area (Å²) >= 11 is 0. The summed E-state index contributed by atoms with van der Waals surface area (Å²) in [5.74, 6) is -0.437. The Labute approximate surface area is 420 Å². The van der Waals surface area contributed by atoms with E-state index < -0.39 is 86.7 Å². The van der Waals surface area contributed by atoms with Crippen LogP contribution in [-0.2, 0) is 33.2 Å². The lowest BCUT2D eigenvalue weighted by Gasteiger charge is -2.42. The summed E-state index contributed by atoms with van der Waals surface area (Å²) in [7, 11) is 0. The summed E-state index contributed by atoms with van der Waals surface area (Å²) in [4.78, 5) is 13.0. The fourth-order valence-electron chi connectivity index (χ4n) is 7.82. The number of esters is 1. The first-order valence-corrected chi connectivity index (χ1v) is 26.7. The second-order valence-corrected chi connectivity index (χ2v) is 18.3. The Morgan fingerprint density at radius 1 is 0.486 bits per heavy atom. The number of ether oxygens (including phenoxy) is 6. The van der Waals surface area contributed by atoms with Crippen molar-refractivity contribution in [2.75, 3.05) is 33.0 Å². The minimum absolute atomic E-state index is 0.0297. The molecule has 0 aromatic heterocycles. The maximum Gasteiger partial charge on any atom is 0.306 e. The molecule has 402 valence electrons. The summed E-state index contributed by atoms with van der Waals surface area (Å²) < 4.78 is 34.2. The van der Waals surface area contributed by atoms with Gasteiger partial charge in [0.15, 0.2) is 12.6 Å².